The third kappa shape index (κ3) is 3.92. The van der Waals surface area contributed by atoms with E-state index in [4.69, 9.17) is 10.1 Å². The first-order valence-electron chi connectivity index (χ1n) is 10.7. The van der Waals surface area contributed by atoms with E-state index in [1.54, 1.807) is 6.07 Å². The molecule has 0 atom stereocenters. The Morgan fingerprint density at radius 3 is 2.41 bits per heavy atom. The van der Waals surface area contributed by atoms with Crippen molar-refractivity contribution >= 4 is 17.0 Å². The molecule has 0 spiro atoms. The number of rotatable bonds is 5. The predicted molar refractivity (Wildman–Crippen MR) is 122 cm³/mol. The molecular weight excluding hydrogens is 433 g/mol. The highest BCUT2D eigenvalue weighted by molar-refractivity contribution is 7.19. The lowest BCUT2D eigenvalue weighted by molar-refractivity contribution is -0.141. The van der Waals surface area contributed by atoms with Gasteiger partial charge in [-0.1, -0.05) is 19.9 Å². The van der Waals surface area contributed by atoms with Crippen LogP contribution in [0, 0.1) is 20.8 Å². The number of halogens is 3. The summed E-state index contributed by atoms with van der Waals surface area (Å²) in [4.78, 5) is 10.3. The van der Waals surface area contributed by atoms with E-state index in [2.05, 4.69) is 24.9 Å². The maximum absolute atomic E-state index is 13.1. The topological polar surface area (TPSA) is 43.1 Å². The second-order valence-electron chi connectivity index (χ2n) is 8.06. The largest absolute Gasteiger partial charge is 0.433 e. The number of nitrogens with zero attached hydrogens (tertiary/aromatic N) is 4. The van der Waals surface area contributed by atoms with Crippen molar-refractivity contribution < 1.29 is 13.2 Å². The normalized spacial score (nSPS) is 12.3. The van der Waals surface area contributed by atoms with Crippen LogP contribution in [0.25, 0.3) is 26.8 Å². The van der Waals surface area contributed by atoms with Gasteiger partial charge >= 0.3 is 6.18 Å². The molecule has 4 heterocycles. The molecule has 0 aliphatic carbocycles. The molecule has 32 heavy (non-hydrogen) atoms. The Labute approximate surface area is 189 Å². The number of hydrogen-bond donors (Lipinski definition) is 0. The summed E-state index contributed by atoms with van der Waals surface area (Å²) in [6.45, 7) is 10.2. The van der Waals surface area contributed by atoms with Gasteiger partial charge in [-0.2, -0.15) is 18.3 Å². The van der Waals surface area contributed by atoms with Crippen LogP contribution >= 0.6 is 11.3 Å². The van der Waals surface area contributed by atoms with E-state index < -0.39 is 11.9 Å². The van der Waals surface area contributed by atoms with Gasteiger partial charge in [0.1, 0.15) is 11.4 Å². The molecular formula is C24H25F3N4S. The van der Waals surface area contributed by atoms with Crippen molar-refractivity contribution in [1.29, 1.82) is 0 Å². The fourth-order valence-corrected chi connectivity index (χ4v) is 5.37. The second kappa shape index (κ2) is 8.31. The average molecular weight is 459 g/mol. The molecule has 0 amide bonds. The Balaban J connectivity index is 1.88. The summed E-state index contributed by atoms with van der Waals surface area (Å²) in [5.41, 5.74) is 5.07. The van der Waals surface area contributed by atoms with E-state index >= 15 is 0 Å². The zero-order valence-electron chi connectivity index (χ0n) is 18.7. The molecule has 4 nitrogen and oxygen atoms in total. The summed E-state index contributed by atoms with van der Waals surface area (Å²) >= 11 is 1.42. The molecule has 0 radical (unpaired) electrons. The Hall–Kier alpha value is -2.74. The first-order chi connectivity index (χ1) is 15.1. The van der Waals surface area contributed by atoms with E-state index in [-0.39, 0.29) is 0 Å². The first kappa shape index (κ1) is 22.5. The fourth-order valence-electron chi connectivity index (χ4n) is 4.14. The summed E-state index contributed by atoms with van der Waals surface area (Å²) < 4.78 is 41.3. The highest BCUT2D eigenvalue weighted by Gasteiger charge is 2.32. The van der Waals surface area contributed by atoms with Gasteiger partial charge in [0.25, 0.3) is 0 Å². The molecule has 4 aromatic rings. The highest BCUT2D eigenvalue weighted by Crippen LogP contribution is 2.40. The first-order valence-corrected chi connectivity index (χ1v) is 11.5. The zero-order valence-corrected chi connectivity index (χ0v) is 19.5. The number of pyridine rings is 1. The molecule has 0 unspecified atom stereocenters. The van der Waals surface area contributed by atoms with Crippen LogP contribution in [0.5, 0.6) is 0 Å². The van der Waals surface area contributed by atoms with Gasteiger partial charge in [-0.15, -0.1) is 11.3 Å². The molecule has 168 valence electrons. The Kier molecular flexibility index (Phi) is 5.83. The van der Waals surface area contributed by atoms with Crippen LogP contribution in [0.1, 0.15) is 60.8 Å². The minimum absolute atomic E-state index is 0.313. The van der Waals surface area contributed by atoms with Crippen LogP contribution in [0.3, 0.4) is 0 Å². The van der Waals surface area contributed by atoms with Gasteiger partial charge in [0.05, 0.1) is 26.8 Å². The molecule has 0 aliphatic rings. The van der Waals surface area contributed by atoms with Gasteiger partial charge in [-0.25, -0.2) is 14.5 Å². The summed E-state index contributed by atoms with van der Waals surface area (Å²) in [6.07, 6.45) is -2.45. The number of hydrogen-bond acceptors (Lipinski definition) is 4. The predicted octanol–water partition coefficient (Wildman–Crippen LogP) is 7.37. The smallest absolute Gasteiger partial charge is 0.242 e. The maximum Gasteiger partial charge on any atom is 0.433 e. The number of thiophene rings is 1. The van der Waals surface area contributed by atoms with Crippen LogP contribution in [-0.4, -0.2) is 19.6 Å². The van der Waals surface area contributed by atoms with Crippen LogP contribution in [0.4, 0.5) is 13.2 Å². The van der Waals surface area contributed by atoms with E-state index in [0.29, 0.717) is 16.5 Å². The summed E-state index contributed by atoms with van der Waals surface area (Å²) in [7, 11) is 0. The van der Waals surface area contributed by atoms with Crippen molar-refractivity contribution in [2.45, 2.75) is 59.6 Å². The van der Waals surface area contributed by atoms with Crippen LogP contribution in [0.15, 0.2) is 30.3 Å². The van der Waals surface area contributed by atoms with Crippen LogP contribution < -0.4 is 0 Å². The SMILES string of the molecule is CCC(CC)c1cc(C)nn2c(-c3sc(-c4cccc(C(F)(F)F)n4)cc3C)c(C)nc12. The summed E-state index contributed by atoms with van der Waals surface area (Å²) in [6, 6.07) is 8.00. The average Bonchev–Trinajstić information content (AvgIpc) is 3.27. The van der Waals surface area contributed by atoms with E-state index in [1.165, 1.54) is 23.0 Å². The van der Waals surface area contributed by atoms with Gasteiger partial charge in [0.2, 0.25) is 0 Å². The van der Waals surface area contributed by atoms with Crippen molar-refractivity contribution in [3.8, 4) is 21.1 Å². The van der Waals surface area contributed by atoms with Crippen molar-refractivity contribution in [1.82, 2.24) is 19.6 Å². The summed E-state index contributed by atoms with van der Waals surface area (Å²) in [5, 5.41) is 4.75. The lowest BCUT2D eigenvalue weighted by Crippen LogP contribution is -2.07. The molecule has 8 heteroatoms. The van der Waals surface area contributed by atoms with Crippen molar-refractivity contribution in [2.75, 3.05) is 0 Å². The molecule has 0 aliphatic heterocycles. The van der Waals surface area contributed by atoms with Crippen molar-refractivity contribution in [3.05, 3.63) is 58.5 Å². The molecule has 0 saturated carbocycles. The maximum atomic E-state index is 13.1. The lowest BCUT2D eigenvalue weighted by atomic mass is 9.95. The number of alkyl halides is 3. The van der Waals surface area contributed by atoms with Gasteiger partial charge in [-0.3, -0.25) is 0 Å². The van der Waals surface area contributed by atoms with E-state index in [1.807, 2.05) is 31.4 Å². The second-order valence-corrected chi connectivity index (χ2v) is 9.12. The molecule has 0 fully saturated rings. The zero-order chi connectivity index (χ0) is 23.2. The van der Waals surface area contributed by atoms with Gasteiger partial charge in [0.15, 0.2) is 5.65 Å². The van der Waals surface area contributed by atoms with E-state index in [9.17, 15) is 13.2 Å². The minimum Gasteiger partial charge on any atom is -0.242 e. The third-order valence-electron chi connectivity index (χ3n) is 5.76. The number of imidazole rings is 1. The quantitative estimate of drug-likeness (QED) is 0.314. The Morgan fingerprint density at radius 1 is 1.03 bits per heavy atom. The monoisotopic (exact) mass is 458 g/mol. The number of fused-ring (bicyclic) bond motifs is 1. The Morgan fingerprint density at radius 2 is 1.75 bits per heavy atom. The fraction of sp³-hybridized carbons (Fsp3) is 0.375. The lowest BCUT2D eigenvalue weighted by Gasteiger charge is -2.14. The van der Waals surface area contributed by atoms with E-state index in [0.717, 1.165) is 52.1 Å². The van der Waals surface area contributed by atoms with Gasteiger partial charge < -0.3 is 0 Å². The van der Waals surface area contributed by atoms with Crippen molar-refractivity contribution in [3.63, 3.8) is 0 Å². The molecule has 4 rings (SSSR count). The number of aromatic nitrogens is 4. The molecule has 4 aromatic heterocycles. The summed E-state index contributed by atoms with van der Waals surface area (Å²) in [5.74, 6) is 0.392. The number of aryl methyl sites for hydroxylation is 3. The molecule has 0 bridgehead atoms. The molecule has 0 saturated heterocycles. The minimum atomic E-state index is -4.48. The standard InChI is InChI=1S/C24H25F3N4S/c1-6-16(7-2)17-12-14(4)30-31-21(15(5)28-23(17)31)22-13(3)11-19(32-22)18-9-8-10-20(29-18)24(25,26)27/h8-12,16H,6-7H2,1-5H3. The molecule has 0 aromatic carbocycles. The molecule has 0 N–H and O–H groups in total. The van der Waals surface area contributed by atoms with Gasteiger partial charge in [0, 0.05) is 5.56 Å². The van der Waals surface area contributed by atoms with Crippen molar-refractivity contribution in [2.24, 2.45) is 0 Å². The van der Waals surface area contributed by atoms with Gasteiger partial charge in [-0.05, 0) is 69.4 Å². The highest BCUT2D eigenvalue weighted by atomic mass is 32.1. The third-order valence-corrected chi connectivity index (χ3v) is 7.03. The Bertz CT molecular complexity index is 1280. The van der Waals surface area contributed by atoms with Crippen LogP contribution in [-0.2, 0) is 6.18 Å². The van der Waals surface area contributed by atoms with Crippen LogP contribution in [0.2, 0.25) is 0 Å².